The van der Waals surface area contributed by atoms with Crippen molar-refractivity contribution in [1.29, 1.82) is 0 Å². The molecule has 1 amide bonds. The maximum atomic E-state index is 13.1. The van der Waals surface area contributed by atoms with E-state index >= 15 is 0 Å². The SMILES string of the molecule is CC(OC(N)=O)c1cc(F)c(O)c(C=O)c1. The zero-order valence-electron chi connectivity index (χ0n) is 8.44. The number of phenols is 1. The molecular formula is C10H10FNO4. The van der Waals surface area contributed by atoms with Gasteiger partial charge in [0, 0.05) is 0 Å². The first kappa shape index (κ1) is 12.0. The molecule has 0 fully saturated rings. The van der Waals surface area contributed by atoms with Gasteiger partial charge in [0.05, 0.1) is 5.56 Å². The number of hydrogen-bond donors (Lipinski definition) is 2. The molecule has 0 aliphatic carbocycles. The van der Waals surface area contributed by atoms with Crippen LogP contribution in [0.3, 0.4) is 0 Å². The van der Waals surface area contributed by atoms with Gasteiger partial charge in [-0.15, -0.1) is 0 Å². The molecule has 0 bridgehead atoms. The van der Waals surface area contributed by atoms with Crippen LogP contribution in [0.1, 0.15) is 28.9 Å². The van der Waals surface area contributed by atoms with Crippen molar-refractivity contribution in [2.75, 3.05) is 0 Å². The van der Waals surface area contributed by atoms with Crippen LogP contribution >= 0.6 is 0 Å². The molecule has 0 radical (unpaired) electrons. The molecule has 0 aliphatic rings. The minimum atomic E-state index is -1.01. The Morgan fingerprint density at radius 2 is 2.25 bits per heavy atom. The smallest absolute Gasteiger partial charge is 0.405 e. The number of amides is 1. The van der Waals surface area contributed by atoms with Gasteiger partial charge in [-0.05, 0) is 24.6 Å². The van der Waals surface area contributed by atoms with Gasteiger partial charge in [-0.2, -0.15) is 0 Å². The summed E-state index contributed by atoms with van der Waals surface area (Å²) in [5.74, 6) is -1.69. The van der Waals surface area contributed by atoms with Gasteiger partial charge < -0.3 is 15.6 Å². The van der Waals surface area contributed by atoms with Crippen LogP contribution in [0.4, 0.5) is 9.18 Å². The van der Waals surface area contributed by atoms with Crippen molar-refractivity contribution >= 4 is 12.4 Å². The van der Waals surface area contributed by atoms with Crippen molar-refractivity contribution in [1.82, 2.24) is 0 Å². The number of rotatable bonds is 3. The van der Waals surface area contributed by atoms with Gasteiger partial charge in [0.15, 0.2) is 17.9 Å². The first-order chi connectivity index (χ1) is 7.45. The van der Waals surface area contributed by atoms with Crippen LogP contribution in [0.5, 0.6) is 5.75 Å². The molecule has 1 rings (SSSR count). The summed E-state index contributed by atoms with van der Waals surface area (Å²) in [6.45, 7) is 1.46. The number of aromatic hydroxyl groups is 1. The van der Waals surface area contributed by atoms with Crippen molar-refractivity contribution in [3.8, 4) is 5.75 Å². The molecule has 86 valence electrons. The summed E-state index contributed by atoms with van der Waals surface area (Å²) >= 11 is 0. The minimum absolute atomic E-state index is 0.213. The molecule has 3 N–H and O–H groups in total. The maximum absolute atomic E-state index is 13.1. The number of benzene rings is 1. The van der Waals surface area contributed by atoms with Gasteiger partial charge in [-0.3, -0.25) is 4.79 Å². The number of nitrogens with two attached hydrogens (primary N) is 1. The highest BCUT2D eigenvalue weighted by Crippen LogP contribution is 2.26. The highest BCUT2D eigenvalue weighted by atomic mass is 19.1. The predicted molar refractivity (Wildman–Crippen MR) is 52.5 cm³/mol. The molecule has 0 heterocycles. The molecule has 5 nitrogen and oxygen atoms in total. The molecule has 1 aromatic carbocycles. The van der Waals surface area contributed by atoms with Gasteiger partial charge in [0.1, 0.15) is 6.10 Å². The summed E-state index contributed by atoms with van der Waals surface area (Å²) in [5.41, 5.74) is 4.81. The molecule has 0 spiro atoms. The normalized spacial score (nSPS) is 11.9. The molecule has 0 aliphatic heterocycles. The number of hydrogen-bond acceptors (Lipinski definition) is 4. The van der Waals surface area contributed by atoms with E-state index in [1.165, 1.54) is 13.0 Å². The van der Waals surface area contributed by atoms with Crippen molar-refractivity contribution in [2.24, 2.45) is 5.73 Å². The Morgan fingerprint density at radius 3 is 2.75 bits per heavy atom. The molecule has 1 aromatic rings. The van der Waals surface area contributed by atoms with Gasteiger partial charge in [-0.1, -0.05) is 0 Å². The van der Waals surface area contributed by atoms with Crippen LogP contribution in [-0.4, -0.2) is 17.5 Å². The number of primary amides is 1. The van der Waals surface area contributed by atoms with Gasteiger partial charge in [0.2, 0.25) is 0 Å². The van der Waals surface area contributed by atoms with E-state index in [0.29, 0.717) is 6.29 Å². The molecule has 1 unspecified atom stereocenters. The fourth-order valence-electron chi connectivity index (χ4n) is 1.21. The number of halogens is 1. The van der Waals surface area contributed by atoms with Gasteiger partial charge >= 0.3 is 6.09 Å². The lowest BCUT2D eigenvalue weighted by molar-refractivity contribution is 0.111. The molecule has 6 heteroatoms. The van der Waals surface area contributed by atoms with Crippen molar-refractivity contribution in [3.05, 3.63) is 29.1 Å². The maximum Gasteiger partial charge on any atom is 0.405 e. The number of phenolic OH excluding ortho intramolecular Hbond substituents is 1. The Kier molecular flexibility index (Phi) is 3.44. The third-order valence-electron chi connectivity index (χ3n) is 2.00. The molecule has 1 atom stereocenters. The lowest BCUT2D eigenvalue weighted by atomic mass is 10.1. The zero-order chi connectivity index (χ0) is 12.3. The summed E-state index contributed by atoms with van der Waals surface area (Å²) in [4.78, 5) is 21.0. The highest BCUT2D eigenvalue weighted by Gasteiger charge is 2.15. The second-order valence-electron chi connectivity index (χ2n) is 3.14. The molecule has 0 saturated carbocycles. The van der Waals surface area contributed by atoms with E-state index in [-0.39, 0.29) is 11.1 Å². The van der Waals surface area contributed by atoms with E-state index in [4.69, 9.17) is 10.8 Å². The number of ether oxygens (including phenoxy) is 1. The van der Waals surface area contributed by atoms with Crippen LogP contribution in [0, 0.1) is 5.82 Å². The van der Waals surface area contributed by atoms with E-state index in [0.717, 1.165) is 6.07 Å². The van der Waals surface area contributed by atoms with Crippen molar-refractivity contribution in [3.63, 3.8) is 0 Å². The quantitative estimate of drug-likeness (QED) is 0.765. The third-order valence-corrected chi connectivity index (χ3v) is 2.00. The summed E-state index contributed by atoms with van der Waals surface area (Å²) in [6, 6.07) is 2.19. The highest BCUT2D eigenvalue weighted by molar-refractivity contribution is 5.79. The van der Waals surface area contributed by atoms with Gasteiger partial charge in [0.25, 0.3) is 0 Å². The van der Waals surface area contributed by atoms with E-state index in [1.54, 1.807) is 0 Å². The minimum Gasteiger partial charge on any atom is -0.504 e. The Bertz CT molecular complexity index is 433. The number of carbonyl (C=O) groups is 2. The average molecular weight is 227 g/mol. The van der Waals surface area contributed by atoms with E-state index in [9.17, 15) is 14.0 Å². The van der Waals surface area contributed by atoms with Crippen molar-refractivity contribution in [2.45, 2.75) is 13.0 Å². The Labute approximate surface area is 90.6 Å². The Hall–Kier alpha value is -2.11. The van der Waals surface area contributed by atoms with Crippen LogP contribution in [0.15, 0.2) is 12.1 Å². The number of aldehydes is 1. The Balaban J connectivity index is 3.10. The third kappa shape index (κ3) is 2.47. The van der Waals surface area contributed by atoms with Crippen LogP contribution in [0.25, 0.3) is 0 Å². The topological polar surface area (TPSA) is 89.6 Å². The molecule has 0 aromatic heterocycles. The van der Waals surface area contributed by atoms with Crippen molar-refractivity contribution < 1.29 is 23.8 Å². The van der Waals surface area contributed by atoms with E-state index in [2.05, 4.69) is 4.74 Å². The summed E-state index contributed by atoms with van der Waals surface area (Å²) in [7, 11) is 0. The average Bonchev–Trinajstić information content (AvgIpc) is 2.20. The lowest BCUT2D eigenvalue weighted by Gasteiger charge is -2.12. The fraction of sp³-hybridized carbons (Fsp3) is 0.200. The van der Waals surface area contributed by atoms with Crippen LogP contribution in [0.2, 0.25) is 0 Å². The zero-order valence-corrected chi connectivity index (χ0v) is 8.44. The van der Waals surface area contributed by atoms with E-state index in [1.807, 2.05) is 0 Å². The summed E-state index contributed by atoms with van der Waals surface area (Å²) in [6.07, 6.45) is -1.50. The molecule has 0 saturated heterocycles. The monoisotopic (exact) mass is 227 g/mol. The van der Waals surface area contributed by atoms with Gasteiger partial charge in [-0.25, -0.2) is 9.18 Å². The first-order valence-corrected chi connectivity index (χ1v) is 4.39. The largest absolute Gasteiger partial charge is 0.504 e. The second-order valence-corrected chi connectivity index (χ2v) is 3.14. The van der Waals surface area contributed by atoms with Crippen LogP contribution < -0.4 is 5.73 Å². The summed E-state index contributed by atoms with van der Waals surface area (Å²) in [5, 5.41) is 9.15. The molecular weight excluding hydrogens is 217 g/mol. The number of carbonyl (C=O) groups excluding carboxylic acids is 2. The second kappa shape index (κ2) is 4.61. The molecule has 16 heavy (non-hydrogen) atoms. The summed E-state index contributed by atoms with van der Waals surface area (Å²) < 4.78 is 17.7. The lowest BCUT2D eigenvalue weighted by Crippen LogP contribution is -2.15. The standard InChI is InChI=1S/C10H10FNO4/c1-5(16-10(12)15)6-2-7(4-13)9(14)8(11)3-6/h2-5,14H,1H3,(H2,12,15). The van der Waals surface area contributed by atoms with E-state index < -0.39 is 23.8 Å². The first-order valence-electron chi connectivity index (χ1n) is 4.39. The Morgan fingerprint density at radius 1 is 1.62 bits per heavy atom. The fourth-order valence-corrected chi connectivity index (χ4v) is 1.21. The van der Waals surface area contributed by atoms with Crippen LogP contribution in [-0.2, 0) is 4.74 Å². The predicted octanol–water partition coefficient (Wildman–Crippen LogP) is 1.50.